The van der Waals surface area contributed by atoms with Gasteiger partial charge >= 0.3 is 12.0 Å². The second-order valence-corrected chi connectivity index (χ2v) is 6.16. The van der Waals surface area contributed by atoms with E-state index in [1.807, 2.05) is 41.5 Å². The first-order valence-corrected chi connectivity index (χ1v) is 6.87. The molecule has 5 nitrogen and oxygen atoms in total. The molecule has 0 unspecified atom stereocenters. The van der Waals surface area contributed by atoms with E-state index in [9.17, 15) is 9.59 Å². The SMILES string of the molecule is CCC(C)(CC)NC(=O)N(CCC(=O)O)C(C)(C)C. The van der Waals surface area contributed by atoms with Crippen molar-refractivity contribution in [2.45, 2.75) is 71.9 Å². The molecule has 0 aromatic heterocycles. The second kappa shape index (κ2) is 6.78. The summed E-state index contributed by atoms with van der Waals surface area (Å²) in [7, 11) is 0. The van der Waals surface area contributed by atoms with Crippen LogP contribution in [0, 0.1) is 0 Å². The van der Waals surface area contributed by atoms with Crippen LogP contribution in [0.2, 0.25) is 0 Å². The van der Waals surface area contributed by atoms with Gasteiger partial charge < -0.3 is 15.3 Å². The van der Waals surface area contributed by atoms with Crippen LogP contribution >= 0.6 is 0 Å². The van der Waals surface area contributed by atoms with Gasteiger partial charge in [0, 0.05) is 17.6 Å². The van der Waals surface area contributed by atoms with Crippen LogP contribution in [0.5, 0.6) is 0 Å². The van der Waals surface area contributed by atoms with Crippen LogP contribution in [0.25, 0.3) is 0 Å². The van der Waals surface area contributed by atoms with E-state index in [1.54, 1.807) is 4.90 Å². The standard InChI is InChI=1S/C14H28N2O3/c1-7-14(6,8-2)15-12(19)16(13(3,4)5)10-9-11(17)18/h7-10H2,1-6H3,(H,15,19)(H,17,18). The van der Waals surface area contributed by atoms with Crippen molar-refractivity contribution < 1.29 is 14.7 Å². The average molecular weight is 272 g/mol. The molecule has 0 bridgehead atoms. The first kappa shape index (κ1) is 17.7. The Balaban J connectivity index is 4.87. The van der Waals surface area contributed by atoms with Gasteiger partial charge in [0.1, 0.15) is 0 Å². The van der Waals surface area contributed by atoms with E-state index in [1.165, 1.54) is 0 Å². The van der Waals surface area contributed by atoms with Crippen LogP contribution in [0.3, 0.4) is 0 Å². The number of urea groups is 1. The van der Waals surface area contributed by atoms with Gasteiger partial charge in [-0.2, -0.15) is 0 Å². The number of carboxylic acid groups (broad SMARTS) is 1. The average Bonchev–Trinajstić information content (AvgIpc) is 2.26. The third-order valence-corrected chi connectivity index (χ3v) is 3.57. The predicted octanol–water partition coefficient (Wildman–Crippen LogP) is 2.85. The summed E-state index contributed by atoms with van der Waals surface area (Å²) in [6, 6.07) is -0.194. The van der Waals surface area contributed by atoms with Crippen molar-refractivity contribution in [2.75, 3.05) is 6.54 Å². The maximum Gasteiger partial charge on any atom is 0.318 e. The fourth-order valence-corrected chi connectivity index (χ4v) is 1.70. The van der Waals surface area contributed by atoms with Crippen molar-refractivity contribution in [3.8, 4) is 0 Å². The third-order valence-electron chi connectivity index (χ3n) is 3.57. The molecule has 2 amide bonds. The molecule has 0 radical (unpaired) electrons. The molecule has 0 saturated carbocycles. The molecule has 0 rings (SSSR count). The summed E-state index contributed by atoms with van der Waals surface area (Å²) >= 11 is 0. The molecule has 0 aliphatic heterocycles. The van der Waals surface area contributed by atoms with Crippen molar-refractivity contribution in [3.05, 3.63) is 0 Å². The highest BCUT2D eigenvalue weighted by molar-refractivity contribution is 5.76. The fraction of sp³-hybridized carbons (Fsp3) is 0.857. The first-order chi connectivity index (χ1) is 8.55. The van der Waals surface area contributed by atoms with Crippen LogP contribution in [0.1, 0.15) is 60.8 Å². The molecule has 0 fully saturated rings. The third kappa shape index (κ3) is 5.94. The molecule has 0 aromatic carbocycles. The maximum atomic E-state index is 12.4. The van der Waals surface area contributed by atoms with Gasteiger partial charge in [-0.05, 0) is 40.5 Å². The summed E-state index contributed by atoms with van der Waals surface area (Å²) < 4.78 is 0. The number of nitrogens with one attached hydrogen (secondary N) is 1. The lowest BCUT2D eigenvalue weighted by atomic mass is 9.95. The molecule has 112 valence electrons. The highest BCUT2D eigenvalue weighted by Crippen LogP contribution is 2.18. The Morgan fingerprint density at radius 1 is 1.11 bits per heavy atom. The van der Waals surface area contributed by atoms with Gasteiger partial charge in [0.2, 0.25) is 0 Å². The first-order valence-electron chi connectivity index (χ1n) is 6.87. The number of carbonyl (C=O) groups is 2. The molecular formula is C14H28N2O3. The molecule has 0 atom stereocenters. The molecule has 0 spiro atoms. The van der Waals surface area contributed by atoms with Gasteiger partial charge in [0.25, 0.3) is 0 Å². The van der Waals surface area contributed by atoms with Crippen molar-refractivity contribution >= 4 is 12.0 Å². The highest BCUT2D eigenvalue weighted by atomic mass is 16.4. The Hall–Kier alpha value is -1.26. The second-order valence-electron chi connectivity index (χ2n) is 6.16. The Labute approximate surface area is 116 Å². The molecule has 2 N–H and O–H groups in total. The minimum atomic E-state index is -0.893. The van der Waals surface area contributed by atoms with Gasteiger partial charge in [-0.25, -0.2) is 4.79 Å². The zero-order valence-electron chi connectivity index (χ0n) is 13.0. The van der Waals surface area contributed by atoms with E-state index in [0.29, 0.717) is 0 Å². The van der Waals surface area contributed by atoms with Crippen molar-refractivity contribution in [3.63, 3.8) is 0 Å². The van der Waals surface area contributed by atoms with Gasteiger partial charge in [0.15, 0.2) is 0 Å². The summed E-state index contributed by atoms with van der Waals surface area (Å²) in [5.74, 6) is -0.893. The van der Waals surface area contributed by atoms with Gasteiger partial charge in [-0.1, -0.05) is 13.8 Å². The van der Waals surface area contributed by atoms with Crippen LogP contribution in [-0.4, -0.2) is 39.6 Å². The number of aliphatic carboxylic acids is 1. The Morgan fingerprint density at radius 2 is 1.58 bits per heavy atom. The number of hydrogen-bond donors (Lipinski definition) is 2. The number of hydrogen-bond acceptors (Lipinski definition) is 2. The lowest BCUT2D eigenvalue weighted by molar-refractivity contribution is -0.137. The van der Waals surface area contributed by atoms with E-state index in [4.69, 9.17) is 5.11 Å². The monoisotopic (exact) mass is 272 g/mol. The van der Waals surface area contributed by atoms with Crippen LogP contribution in [0.4, 0.5) is 4.79 Å². The molecule has 0 aliphatic rings. The number of nitrogens with zero attached hydrogens (tertiary/aromatic N) is 1. The lowest BCUT2D eigenvalue weighted by Gasteiger charge is -2.39. The zero-order valence-corrected chi connectivity index (χ0v) is 13.0. The molecular weight excluding hydrogens is 244 g/mol. The van der Waals surface area contributed by atoms with E-state index in [0.717, 1.165) is 12.8 Å². The van der Waals surface area contributed by atoms with E-state index < -0.39 is 11.5 Å². The topological polar surface area (TPSA) is 69.6 Å². The Kier molecular flexibility index (Phi) is 6.33. The molecule has 0 aliphatic carbocycles. The number of amides is 2. The van der Waals surface area contributed by atoms with Crippen LogP contribution < -0.4 is 5.32 Å². The summed E-state index contributed by atoms with van der Waals surface area (Å²) in [5.41, 5.74) is -0.647. The highest BCUT2D eigenvalue weighted by Gasteiger charge is 2.31. The van der Waals surface area contributed by atoms with Gasteiger partial charge in [-0.15, -0.1) is 0 Å². The predicted molar refractivity (Wildman–Crippen MR) is 76.2 cm³/mol. The largest absolute Gasteiger partial charge is 0.481 e. The zero-order chi connectivity index (χ0) is 15.3. The van der Waals surface area contributed by atoms with Crippen LogP contribution in [-0.2, 0) is 4.79 Å². The number of carboxylic acids is 1. The van der Waals surface area contributed by atoms with Gasteiger partial charge in [-0.3, -0.25) is 4.79 Å². The molecule has 0 heterocycles. The minimum absolute atomic E-state index is 0.0420. The summed E-state index contributed by atoms with van der Waals surface area (Å²) in [4.78, 5) is 24.6. The number of carbonyl (C=O) groups excluding carboxylic acids is 1. The molecule has 0 aromatic rings. The lowest BCUT2D eigenvalue weighted by Crippen LogP contribution is -2.56. The van der Waals surface area contributed by atoms with Gasteiger partial charge in [0.05, 0.1) is 6.42 Å². The molecule has 5 heteroatoms. The minimum Gasteiger partial charge on any atom is -0.481 e. The smallest absolute Gasteiger partial charge is 0.318 e. The Morgan fingerprint density at radius 3 is 1.89 bits per heavy atom. The quantitative estimate of drug-likeness (QED) is 0.781. The van der Waals surface area contributed by atoms with E-state index in [-0.39, 0.29) is 24.5 Å². The van der Waals surface area contributed by atoms with Crippen LogP contribution in [0.15, 0.2) is 0 Å². The van der Waals surface area contributed by atoms with E-state index in [2.05, 4.69) is 5.32 Å². The summed E-state index contributed by atoms with van der Waals surface area (Å²) in [6.45, 7) is 12.0. The normalized spacial score (nSPS) is 12.1. The number of rotatable bonds is 6. The Bertz CT molecular complexity index is 317. The van der Waals surface area contributed by atoms with Crippen molar-refractivity contribution in [1.82, 2.24) is 10.2 Å². The molecule has 0 saturated heterocycles. The maximum absolute atomic E-state index is 12.4. The summed E-state index contributed by atoms with van der Waals surface area (Å²) in [6.07, 6.45) is 1.64. The summed E-state index contributed by atoms with van der Waals surface area (Å²) in [5, 5.41) is 11.8. The fourth-order valence-electron chi connectivity index (χ4n) is 1.70. The van der Waals surface area contributed by atoms with E-state index >= 15 is 0 Å². The molecule has 19 heavy (non-hydrogen) atoms. The van der Waals surface area contributed by atoms with Crippen molar-refractivity contribution in [1.29, 1.82) is 0 Å². The van der Waals surface area contributed by atoms with Crippen molar-refractivity contribution in [2.24, 2.45) is 0 Å².